The summed E-state index contributed by atoms with van der Waals surface area (Å²) in [6, 6.07) is 3.77. The Hall–Kier alpha value is -1.95. The van der Waals surface area contributed by atoms with Crippen LogP contribution in [0.4, 0.5) is 5.82 Å². The first-order valence-electron chi connectivity index (χ1n) is 6.87. The summed E-state index contributed by atoms with van der Waals surface area (Å²) in [7, 11) is 0. The Morgan fingerprint density at radius 1 is 1.40 bits per heavy atom. The van der Waals surface area contributed by atoms with Crippen molar-refractivity contribution in [3.8, 4) is 0 Å². The first-order valence-corrected chi connectivity index (χ1v) is 6.87. The summed E-state index contributed by atoms with van der Waals surface area (Å²) in [5.74, 6) is -0.148. The molecule has 0 bridgehead atoms. The van der Waals surface area contributed by atoms with Crippen molar-refractivity contribution in [1.82, 2.24) is 4.98 Å². The number of rotatable bonds is 5. The number of nitrogens with zero attached hydrogens (tertiary/aromatic N) is 2. The van der Waals surface area contributed by atoms with E-state index >= 15 is 0 Å². The molecule has 0 atom stereocenters. The Morgan fingerprint density at radius 2 is 2.10 bits per heavy atom. The summed E-state index contributed by atoms with van der Waals surface area (Å²) in [6.07, 6.45) is 4.61. The minimum atomic E-state index is -0.997. The van der Waals surface area contributed by atoms with Crippen LogP contribution in [0, 0.1) is 5.41 Å². The van der Waals surface area contributed by atoms with Crippen LogP contribution in [0.2, 0.25) is 0 Å². The third-order valence-corrected chi connectivity index (χ3v) is 4.05. The molecule has 0 radical (unpaired) electrons. The topological polar surface area (TPSA) is 102 Å². The Labute approximate surface area is 117 Å². The lowest BCUT2D eigenvalue weighted by atomic mass is 10.0. The third-order valence-electron chi connectivity index (χ3n) is 4.05. The third kappa shape index (κ3) is 2.06. The SMILES string of the molecule is NCc1ccnc(N(C(=O)C2(C(N)=O)CC2)C2CC2)c1. The molecule has 2 saturated carbocycles. The molecule has 1 aromatic rings. The van der Waals surface area contributed by atoms with E-state index in [0.29, 0.717) is 25.2 Å². The van der Waals surface area contributed by atoms with Gasteiger partial charge in [-0.05, 0) is 43.4 Å². The average molecular weight is 274 g/mol. The van der Waals surface area contributed by atoms with E-state index in [4.69, 9.17) is 11.5 Å². The lowest BCUT2D eigenvalue weighted by Crippen LogP contribution is -2.45. The summed E-state index contributed by atoms with van der Waals surface area (Å²) in [4.78, 5) is 30.2. The van der Waals surface area contributed by atoms with Crippen molar-refractivity contribution in [3.05, 3.63) is 23.9 Å². The largest absolute Gasteiger partial charge is 0.369 e. The zero-order valence-corrected chi connectivity index (χ0v) is 11.2. The molecule has 4 N–H and O–H groups in total. The van der Waals surface area contributed by atoms with Crippen LogP contribution in [0.15, 0.2) is 18.3 Å². The first-order chi connectivity index (χ1) is 9.58. The van der Waals surface area contributed by atoms with Crippen LogP contribution < -0.4 is 16.4 Å². The van der Waals surface area contributed by atoms with Crippen molar-refractivity contribution in [2.24, 2.45) is 16.9 Å². The molecule has 0 saturated heterocycles. The lowest BCUT2D eigenvalue weighted by molar-refractivity contribution is -0.133. The van der Waals surface area contributed by atoms with Crippen molar-refractivity contribution in [2.45, 2.75) is 38.3 Å². The molecular weight excluding hydrogens is 256 g/mol. The summed E-state index contributed by atoms with van der Waals surface area (Å²) < 4.78 is 0. The average Bonchev–Trinajstić information content (AvgIpc) is 3.31. The summed E-state index contributed by atoms with van der Waals surface area (Å²) >= 11 is 0. The number of carbonyl (C=O) groups excluding carboxylic acids is 2. The maximum atomic E-state index is 12.7. The van der Waals surface area contributed by atoms with Gasteiger partial charge >= 0.3 is 0 Å². The molecular formula is C14H18N4O2. The first kappa shape index (κ1) is 13.1. The highest BCUT2D eigenvalue weighted by Crippen LogP contribution is 2.49. The lowest BCUT2D eigenvalue weighted by Gasteiger charge is -2.25. The molecule has 6 nitrogen and oxygen atoms in total. The Kier molecular flexibility index (Phi) is 2.97. The number of carbonyl (C=O) groups is 2. The summed E-state index contributed by atoms with van der Waals surface area (Å²) in [6.45, 7) is 0.392. The Morgan fingerprint density at radius 3 is 2.60 bits per heavy atom. The Balaban J connectivity index is 1.93. The second-order valence-corrected chi connectivity index (χ2v) is 5.58. The van der Waals surface area contributed by atoms with Gasteiger partial charge in [-0.3, -0.25) is 14.5 Å². The zero-order chi connectivity index (χ0) is 14.3. The molecule has 2 fully saturated rings. The molecule has 0 unspecified atom stereocenters. The molecule has 0 spiro atoms. The highest BCUT2D eigenvalue weighted by atomic mass is 16.2. The van der Waals surface area contributed by atoms with Crippen molar-refractivity contribution in [3.63, 3.8) is 0 Å². The quantitative estimate of drug-likeness (QED) is 0.754. The number of hydrogen-bond acceptors (Lipinski definition) is 4. The van der Waals surface area contributed by atoms with E-state index in [1.165, 1.54) is 0 Å². The van der Waals surface area contributed by atoms with Gasteiger partial charge in [0.25, 0.3) is 0 Å². The van der Waals surface area contributed by atoms with Gasteiger partial charge in [0, 0.05) is 18.8 Å². The van der Waals surface area contributed by atoms with E-state index in [2.05, 4.69) is 4.98 Å². The predicted molar refractivity (Wildman–Crippen MR) is 73.5 cm³/mol. The summed E-state index contributed by atoms with van der Waals surface area (Å²) in [5, 5.41) is 0. The fourth-order valence-corrected chi connectivity index (χ4v) is 2.43. The minimum absolute atomic E-state index is 0.139. The molecule has 6 heteroatoms. The van der Waals surface area contributed by atoms with Gasteiger partial charge in [-0.25, -0.2) is 4.98 Å². The second-order valence-electron chi connectivity index (χ2n) is 5.58. The van der Waals surface area contributed by atoms with Gasteiger partial charge < -0.3 is 11.5 Å². The highest BCUT2D eigenvalue weighted by Gasteiger charge is 2.58. The number of nitrogens with two attached hydrogens (primary N) is 2. The molecule has 20 heavy (non-hydrogen) atoms. The van der Waals surface area contributed by atoms with Crippen molar-refractivity contribution < 1.29 is 9.59 Å². The molecule has 2 aliphatic carbocycles. The Bertz CT molecular complexity index is 564. The number of anilines is 1. The molecule has 106 valence electrons. The minimum Gasteiger partial charge on any atom is -0.369 e. The van der Waals surface area contributed by atoms with Crippen LogP contribution in [0.5, 0.6) is 0 Å². The molecule has 1 aromatic heterocycles. The van der Waals surface area contributed by atoms with Crippen LogP contribution in [0.1, 0.15) is 31.2 Å². The van der Waals surface area contributed by atoms with E-state index in [1.807, 2.05) is 12.1 Å². The maximum Gasteiger partial charge on any atom is 0.244 e. The van der Waals surface area contributed by atoms with Crippen molar-refractivity contribution in [2.75, 3.05) is 4.90 Å². The fraction of sp³-hybridized carbons (Fsp3) is 0.500. The number of amides is 2. The van der Waals surface area contributed by atoms with Gasteiger partial charge in [0.2, 0.25) is 11.8 Å². The number of primary amides is 1. The van der Waals surface area contributed by atoms with Gasteiger partial charge in [-0.2, -0.15) is 0 Å². The van der Waals surface area contributed by atoms with E-state index in [0.717, 1.165) is 18.4 Å². The molecule has 0 aromatic carbocycles. The predicted octanol–water partition coefficient (Wildman–Crippen LogP) is 0.301. The van der Waals surface area contributed by atoms with Crippen LogP contribution in [-0.2, 0) is 16.1 Å². The molecule has 2 aliphatic rings. The number of pyridine rings is 1. The number of hydrogen-bond donors (Lipinski definition) is 2. The van der Waals surface area contributed by atoms with E-state index in [-0.39, 0.29) is 11.9 Å². The highest BCUT2D eigenvalue weighted by molar-refractivity contribution is 6.13. The van der Waals surface area contributed by atoms with Gasteiger partial charge in [0.15, 0.2) is 0 Å². The molecule has 2 amide bonds. The summed E-state index contributed by atoms with van der Waals surface area (Å²) in [5.41, 5.74) is 10.9. The van der Waals surface area contributed by atoms with Crippen LogP contribution in [0.3, 0.4) is 0 Å². The molecule has 0 aliphatic heterocycles. The molecule has 3 rings (SSSR count). The standard InChI is InChI=1S/C14H18N4O2/c15-8-9-3-6-17-11(7-9)18(10-1-2-10)13(20)14(4-5-14)12(16)19/h3,6-7,10H,1-2,4-5,8,15H2,(H2,16,19). The van der Waals surface area contributed by atoms with Gasteiger partial charge in [0.1, 0.15) is 11.2 Å². The van der Waals surface area contributed by atoms with Gasteiger partial charge in [-0.1, -0.05) is 0 Å². The van der Waals surface area contributed by atoms with Gasteiger partial charge in [-0.15, -0.1) is 0 Å². The van der Waals surface area contributed by atoms with E-state index in [9.17, 15) is 9.59 Å². The normalized spacial score (nSPS) is 19.4. The van der Waals surface area contributed by atoms with E-state index < -0.39 is 11.3 Å². The molecule has 1 heterocycles. The van der Waals surface area contributed by atoms with E-state index in [1.54, 1.807) is 11.1 Å². The van der Waals surface area contributed by atoms with Crippen LogP contribution in [-0.4, -0.2) is 22.8 Å². The maximum absolute atomic E-state index is 12.7. The van der Waals surface area contributed by atoms with Crippen LogP contribution >= 0.6 is 0 Å². The van der Waals surface area contributed by atoms with Crippen molar-refractivity contribution in [1.29, 1.82) is 0 Å². The smallest absolute Gasteiger partial charge is 0.244 e. The van der Waals surface area contributed by atoms with Crippen LogP contribution in [0.25, 0.3) is 0 Å². The zero-order valence-electron chi connectivity index (χ0n) is 11.2. The number of aromatic nitrogens is 1. The monoisotopic (exact) mass is 274 g/mol. The fourth-order valence-electron chi connectivity index (χ4n) is 2.43. The second kappa shape index (κ2) is 4.56. The van der Waals surface area contributed by atoms with Crippen molar-refractivity contribution >= 4 is 17.6 Å². The van der Waals surface area contributed by atoms with Gasteiger partial charge in [0.05, 0.1) is 0 Å².